The Morgan fingerprint density at radius 2 is 2.17 bits per heavy atom. The summed E-state index contributed by atoms with van der Waals surface area (Å²) in [4.78, 5) is 12.0. The number of carbonyl (C=O) groups is 1. The number of nitrogens with zero attached hydrogens (tertiary/aromatic N) is 2. The Balaban J connectivity index is 0.00000289. The molecule has 0 fully saturated rings. The van der Waals surface area contributed by atoms with Crippen molar-refractivity contribution in [1.29, 1.82) is 0 Å². The van der Waals surface area contributed by atoms with Crippen LogP contribution in [0.5, 0.6) is 0 Å². The van der Waals surface area contributed by atoms with E-state index >= 15 is 0 Å². The number of hydrogen-bond acceptors (Lipinski definition) is 4. The van der Waals surface area contributed by atoms with Crippen LogP contribution < -0.4 is 11.1 Å². The van der Waals surface area contributed by atoms with Crippen LogP contribution >= 0.6 is 12.4 Å². The number of nitrogens with two attached hydrogens (primary N) is 1. The first-order chi connectivity index (χ1) is 7.97. The van der Waals surface area contributed by atoms with Crippen molar-refractivity contribution in [2.24, 2.45) is 11.7 Å². The van der Waals surface area contributed by atoms with Crippen molar-refractivity contribution in [3.63, 3.8) is 0 Å². The smallest absolute Gasteiger partial charge is 0.253 e. The van der Waals surface area contributed by atoms with Gasteiger partial charge in [-0.15, -0.1) is 12.4 Å². The Hall–Kier alpha value is -1.20. The van der Waals surface area contributed by atoms with Crippen LogP contribution in [-0.4, -0.2) is 28.2 Å². The molecular weight excluding hydrogens is 252 g/mol. The van der Waals surface area contributed by atoms with Gasteiger partial charge in [-0.3, -0.25) is 4.79 Å². The Kier molecular flexibility index (Phi) is 6.80. The molecule has 1 atom stereocenters. The Morgan fingerprint density at radius 1 is 1.50 bits per heavy atom. The van der Waals surface area contributed by atoms with E-state index in [4.69, 9.17) is 5.73 Å². The first kappa shape index (κ1) is 16.8. The lowest BCUT2D eigenvalue weighted by atomic mass is 9.90. The molecule has 102 valence electrons. The van der Waals surface area contributed by atoms with Crippen LogP contribution in [-0.2, 0) is 0 Å². The number of carbonyl (C=O) groups excluding carboxylic acids is 1. The zero-order valence-corrected chi connectivity index (χ0v) is 11.8. The highest BCUT2D eigenvalue weighted by atomic mass is 35.5. The molecule has 0 aliphatic heterocycles. The second kappa shape index (κ2) is 7.28. The van der Waals surface area contributed by atoms with Gasteiger partial charge in [0.05, 0.1) is 18.0 Å². The number of halogens is 1. The van der Waals surface area contributed by atoms with Crippen LogP contribution in [0, 0.1) is 5.92 Å². The van der Waals surface area contributed by atoms with Crippen molar-refractivity contribution in [2.75, 3.05) is 6.54 Å². The van der Waals surface area contributed by atoms with Crippen molar-refractivity contribution in [1.82, 2.24) is 15.5 Å². The zero-order chi connectivity index (χ0) is 12.9. The summed E-state index contributed by atoms with van der Waals surface area (Å²) in [6, 6.07) is 1.63. The second-order valence-corrected chi connectivity index (χ2v) is 4.95. The lowest BCUT2D eigenvalue weighted by molar-refractivity contribution is 0.0897. The van der Waals surface area contributed by atoms with E-state index in [1.807, 2.05) is 6.92 Å². The first-order valence-electron chi connectivity index (χ1n) is 5.76. The molecule has 1 aromatic rings. The van der Waals surface area contributed by atoms with E-state index in [0.29, 0.717) is 18.0 Å². The van der Waals surface area contributed by atoms with Crippen LogP contribution in [0.3, 0.4) is 0 Å². The second-order valence-electron chi connectivity index (χ2n) is 4.95. The van der Waals surface area contributed by atoms with Gasteiger partial charge in [0.1, 0.15) is 0 Å². The van der Waals surface area contributed by atoms with Crippen LogP contribution in [0.15, 0.2) is 18.5 Å². The monoisotopic (exact) mass is 272 g/mol. The molecule has 1 heterocycles. The molecule has 0 aliphatic carbocycles. The van der Waals surface area contributed by atoms with E-state index in [1.54, 1.807) is 6.07 Å². The third-order valence-electron chi connectivity index (χ3n) is 2.57. The molecule has 0 saturated carbocycles. The van der Waals surface area contributed by atoms with E-state index in [1.165, 1.54) is 12.4 Å². The van der Waals surface area contributed by atoms with Gasteiger partial charge in [0.25, 0.3) is 5.91 Å². The maximum atomic E-state index is 12.0. The first-order valence-corrected chi connectivity index (χ1v) is 5.76. The minimum absolute atomic E-state index is 0. The molecular formula is C12H21ClN4O. The number of aromatic nitrogens is 2. The molecule has 1 aromatic heterocycles. The van der Waals surface area contributed by atoms with Crippen molar-refractivity contribution < 1.29 is 4.79 Å². The number of rotatable bonds is 5. The fraction of sp³-hybridized carbons (Fsp3) is 0.583. The molecule has 18 heavy (non-hydrogen) atoms. The van der Waals surface area contributed by atoms with Crippen LogP contribution in [0.25, 0.3) is 0 Å². The largest absolute Gasteiger partial charge is 0.346 e. The molecule has 1 unspecified atom stereocenters. The summed E-state index contributed by atoms with van der Waals surface area (Å²) in [6.07, 6.45) is 3.78. The average molecular weight is 273 g/mol. The van der Waals surface area contributed by atoms with Gasteiger partial charge in [-0.1, -0.05) is 13.8 Å². The molecule has 0 bridgehead atoms. The SMILES string of the molecule is CC(C)CC(C)(CN)NC(=O)c1ccnnc1.Cl. The molecule has 3 N–H and O–H groups in total. The zero-order valence-electron chi connectivity index (χ0n) is 11.0. The predicted octanol–water partition coefficient (Wildman–Crippen LogP) is 1.39. The Morgan fingerprint density at radius 3 is 2.61 bits per heavy atom. The van der Waals surface area contributed by atoms with E-state index < -0.39 is 0 Å². The highest BCUT2D eigenvalue weighted by molar-refractivity contribution is 5.94. The summed E-state index contributed by atoms with van der Waals surface area (Å²) in [7, 11) is 0. The Bertz CT molecular complexity index is 372. The van der Waals surface area contributed by atoms with Crippen molar-refractivity contribution >= 4 is 18.3 Å². The highest BCUT2D eigenvalue weighted by Gasteiger charge is 2.26. The van der Waals surface area contributed by atoms with Crippen LogP contribution in [0.2, 0.25) is 0 Å². The maximum Gasteiger partial charge on any atom is 0.253 e. The average Bonchev–Trinajstić information content (AvgIpc) is 2.29. The number of amides is 1. The van der Waals surface area contributed by atoms with Gasteiger partial charge >= 0.3 is 0 Å². The van der Waals surface area contributed by atoms with E-state index in [9.17, 15) is 4.79 Å². The molecule has 0 spiro atoms. The fourth-order valence-electron chi connectivity index (χ4n) is 1.86. The van der Waals surface area contributed by atoms with Gasteiger partial charge in [-0.25, -0.2) is 0 Å². The maximum absolute atomic E-state index is 12.0. The van der Waals surface area contributed by atoms with Crippen LogP contribution in [0.1, 0.15) is 37.6 Å². The molecule has 5 nitrogen and oxygen atoms in total. The summed E-state index contributed by atoms with van der Waals surface area (Å²) < 4.78 is 0. The summed E-state index contributed by atoms with van der Waals surface area (Å²) in [5, 5.41) is 10.3. The molecule has 1 rings (SSSR count). The lowest BCUT2D eigenvalue weighted by Gasteiger charge is -2.31. The lowest BCUT2D eigenvalue weighted by Crippen LogP contribution is -2.52. The Labute approximate surface area is 114 Å². The summed E-state index contributed by atoms with van der Waals surface area (Å²) >= 11 is 0. The third-order valence-corrected chi connectivity index (χ3v) is 2.57. The molecule has 0 saturated heterocycles. The topological polar surface area (TPSA) is 80.9 Å². The highest BCUT2D eigenvalue weighted by Crippen LogP contribution is 2.15. The van der Waals surface area contributed by atoms with Gasteiger partial charge in [-0.05, 0) is 25.3 Å². The molecule has 1 amide bonds. The number of nitrogens with one attached hydrogen (secondary N) is 1. The van der Waals surface area contributed by atoms with E-state index in [2.05, 4.69) is 29.4 Å². The quantitative estimate of drug-likeness (QED) is 0.849. The fourth-order valence-corrected chi connectivity index (χ4v) is 1.86. The summed E-state index contributed by atoms with van der Waals surface area (Å²) in [6.45, 7) is 6.58. The van der Waals surface area contributed by atoms with Gasteiger partial charge in [0.2, 0.25) is 0 Å². The van der Waals surface area contributed by atoms with Crippen molar-refractivity contribution in [3.05, 3.63) is 24.0 Å². The minimum atomic E-state index is -0.380. The van der Waals surface area contributed by atoms with Crippen LogP contribution in [0.4, 0.5) is 0 Å². The predicted molar refractivity (Wildman–Crippen MR) is 73.7 cm³/mol. The molecule has 0 aliphatic rings. The van der Waals surface area contributed by atoms with E-state index in [0.717, 1.165) is 6.42 Å². The van der Waals surface area contributed by atoms with Crippen molar-refractivity contribution in [3.8, 4) is 0 Å². The van der Waals surface area contributed by atoms with Gasteiger partial charge < -0.3 is 11.1 Å². The minimum Gasteiger partial charge on any atom is -0.346 e. The summed E-state index contributed by atoms with van der Waals surface area (Å²) in [5.41, 5.74) is 5.86. The number of hydrogen-bond donors (Lipinski definition) is 2. The van der Waals surface area contributed by atoms with Gasteiger partial charge in [0.15, 0.2) is 0 Å². The standard InChI is InChI=1S/C12H20N4O.ClH/c1-9(2)6-12(3,8-13)16-11(17)10-4-5-14-15-7-10;/h4-5,7,9H,6,8,13H2,1-3H3,(H,16,17);1H. The summed E-state index contributed by atoms with van der Waals surface area (Å²) in [5.74, 6) is 0.313. The van der Waals surface area contributed by atoms with E-state index in [-0.39, 0.29) is 23.9 Å². The third kappa shape index (κ3) is 4.98. The van der Waals surface area contributed by atoms with Crippen molar-refractivity contribution in [2.45, 2.75) is 32.7 Å². The normalized spacial score (nSPS) is 13.6. The van der Waals surface area contributed by atoms with Gasteiger partial charge in [0, 0.05) is 12.1 Å². The molecule has 6 heteroatoms. The molecule has 0 aromatic carbocycles. The van der Waals surface area contributed by atoms with Gasteiger partial charge in [-0.2, -0.15) is 10.2 Å². The molecule has 0 radical (unpaired) electrons.